The first kappa shape index (κ1) is 16.9. The number of hydrogen-bond acceptors (Lipinski definition) is 3. The lowest BCUT2D eigenvalue weighted by atomic mass is 9.96. The van der Waals surface area contributed by atoms with E-state index in [2.05, 4.69) is 11.4 Å². The van der Waals surface area contributed by atoms with Crippen LogP contribution < -0.4 is 10.1 Å². The van der Waals surface area contributed by atoms with Gasteiger partial charge in [0.1, 0.15) is 18.0 Å². The molecular formula is C19H21F2NO2. The van der Waals surface area contributed by atoms with Crippen LogP contribution in [0.15, 0.2) is 48.5 Å². The first-order valence-corrected chi connectivity index (χ1v) is 8.08. The van der Waals surface area contributed by atoms with Crippen LogP contribution in [-0.4, -0.2) is 24.7 Å². The number of alkyl halides is 2. The van der Waals surface area contributed by atoms with E-state index in [0.717, 1.165) is 24.0 Å². The summed E-state index contributed by atoms with van der Waals surface area (Å²) >= 11 is 0. The number of aliphatic hydroxyl groups is 1. The normalized spacial score (nSPS) is 19.5. The Morgan fingerprint density at radius 3 is 2.62 bits per heavy atom. The van der Waals surface area contributed by atoms with Crippen molar-refractivity contribution in [2.45, 2.75) is 31.4 Å². The SMILES string of the molecule is OC1(CNCc2ccc(OCC(F)F)cc2)CCc2ccccc21. The second kappa shape index (κ2) is 7.28. The van der Waals surface area contributed by atoms with Crippen molar-refractivity contribution in [3.05, 3.63) is 65.2 Å². The maximum atomic E-state index is 12.1. The lowest BCUT2D eigenvalue weighted by molar-refractivity contribution is 0.0384. The van der Waals surface area contributed by atoms with Gasteiger partial charge in [-0.2, -0.15) is 0 Å². The monoisotopic (exact) mass is 333 g/mol. The molecule has 0 amide bonds. The molecule has 128 valence electrons. The summed E-state index contributed by atoms with van der Waals surface area (Å²) in [5, 5.41) is 14.1. The number of hydrogen-bond donors (Lipinski definition) is 2. The molecule has 24 heavy (non-hydrogen) atoms. The van der Waals surface area contributed by atoms with Gasteiger partial charge in [-0.1, -0.05) is 36.4 Å². The lowest BCUT2D eigenvalue weighted by Crippen LogP contribution is -2.35. The fourth-order valence-corrected chi connectivity index (χ4v) is 3.13. The van der Waals surface area contributed by atoms with Gasteiger partial charge in [-0.25, -0.2) is 8.78 Å². The predicted molar refractivity (Wildman–Crippen MR) is 88.3 cm³/mol. The van der Waals surface area contributed by atoms with Crippen LogP contribution in [0, 0.1) is 0 Å². The third-order valence-electron chi connectivity index (χ3n) is 4.37. The molecule has 0 aromatic heterocycles. The summed E-state index contributed by atoms with van der Waals surface area (Å²) < 4.78 is 29.1. The van der Waals surface area contributed by atoms with E-state index < -0.39 is 18.6 Å². The van der Waals surface area contributed by atoms with Gasteiger partial charge in [0.25, 0.3) is 6.43 Å². The number of ether oxygens (including phenoxy) is 1. The number of fused-ring (bicyclic) bond motifs is 1. The Kier molecular flexibility index (Phi) is 5.11. The first-order chi connectivity index (χ1) is 11.6. The second-order valence-corrected chi connectivity index (χ2v) is 6.14. The zero-order valence-electron chi connectivity index (χ0n) is 13.3. The van der Waals surface area contributed by atoms with Crippen molar-refractivity contribution in [1.82, 2.24) is 5.32 Å². The van der Waals surface area contributed by atoms with Crippen molar-refractivity contribution in [1.29, 1.82) is 0 Å². The van der Waals surface area contributed by atoms with E-state index in [4.69, 9.17) is 4.74 Å². The Morgan fingerprint density at radius 2 is 1.88 bits per heavy atom. The predicted octanol–water partition coefficient (Wildman–Crippen LogP) is 3.25. The zero-order valence-corrected chi connectivity index (χ0v) is 13.3. The molecule has 2 aromatic rings. The zero-order chi connectivity index (χ0) is 17.0. The van der Waals surface area contributed by atoms with Crippen LogP contribution >= 0.6 is 0 Å². The van der Waals surface area contributed by atoms with Gasteiger partial charge in [-0.05, 0) is 41.7 Å². The van der Waals surface area contributed by atoms with Gasteiger partial charge in [0, 0.05) is 13.1 Å². The maximum absolute atomic E-state index is 12.1. The fourth-order valence-electron chi connectivity index (χ4n) is 3.13. The van der Waals surface area contributed by atoms with E-state index in [0.29, 0.717) is 18.8 Å². The Hall–Kier alpha value is -1.98. The van der Waals surface area contributed by atoms with Crippen LogP contribution in [0.4, 0.5) is 8.78 Å². The van der Waals surface area contributed by atoms with Crippen LogP contribution in [0.3, 0.4) is 0 Å². The molecule has 5 heteroatoms. The summed E-state index contributed by atoms with van der Waals surface area (Å²) in [5.74, 6) is 0.433. The van der Waals surface area contributed by atoms with Crippen LogP contribution in [0.1, 0.15) is 23.1 Å². The fraction of sp³-hybridized carbons (Fsp3) is 0.368. The molecule has 1 aliphatic carbocycles. The van der Waals surface area contributed by atoms with E-state index in [1.165, 1.54) is 5.56 Å². The van der Waals surface area contributed by atoms with Crippen molar-refractivity contribution < 1.29 is 18.6 Å². The van der Waals surface area contributed by atoms with Gasteiger partial charge in [0.05, 0.1) is 0 Å². The van der Waals surface area contributed by atoms with Gasteiger partial charge in [-0.15, -0.1) is 0 Å². The molecule has 0 aliphatic heterocycles. The minimum absolute atomic E-state index is 0.433. The van der Waals surface area contributed by atoms with Gasteiger partial charge in [0.15, 0.2) is 0 Å². The topological polar surface area (TPSA) is 41.5 Å². The van der Waals surface area contributed by atoms with Crippen molar-refractivity contribution >= 4 is 0 Å². The molecule has 0 fully saturated rings. The highest BCUT2D eigenvalue weighted by Crippen LogP contribution is 2.36. The van der Waals surface area contributed by atoms with Gasteiger partial charge in [-0.3, -0.25) is 0 Å². The van der Waals surface area contributed by atoms with E-state index in [-0.39, 0.29) is 0 Å². The summed E-state index contributed by atoms with van der Waals surface area (Å²) in [7, 11) is 0. The van der Waals surface area contributed by atoms with Crippen molar-refractivity contribution in [2.24, 2.45) is 0 Å². The Bertz CT molecular complexity index is 675. The van der Waals surface area contributed by atoms with Crippen molar-refractivity contribution in [2.75, 3.05) is 13.2 Å². The molecule has 3 rings (SSSR count). The number of rotatable bonds is 7. The molecule has 1 aliphatic rings. The van der Waals surface area contributed by atoms with E-state index in [1.54, 1.807) is 12.1 Å². The molecule has 1 atom stereocenters. The number of halogens is 2. The maximum Gasteiger partial charge on any atom is 0.272 e. The van der Waals surface area contributed by atoms with Crippen molar-refractivity contribution in [3.8, 4) is 5.75 Å². The Labute approximate surface area is 140 Å². The largest absolute Gasteiger partial charge is 0.488 e. The van der Waals surface area contributed by atoms with Crippen LogP contribution in [0.2, 0.25) is 0 Å². The molecule has 0 bridgehead atoms. The number of aryl methyl sites for hydroxylation is 1. The minimum Gasteiger partial charge on any atom is -0.488 e. The molecule has 0 radical (unpaired) electrons. The Morgan fingerprint density at radius 1 is 1.12 bits per heavy atom. The highest BCUT2D eigenvalue weighted by molar-refractivity contribution is 5.37. The highest BCUT2D eigenvalue weighted by atomic mass is 19.3. The number of benzene rings is 2. The molecule has 0 saturated carbocycles. The summed E-state index contributed by atoms with van der Waals surface area (Å²) in [6.07, 6.45) is -0.856. The van der Waals surface area contributed by atoms with E-state index >= 15 is 0 Å². The van der Waals surface area contributed by atoms with E-state index in [9.17, 15) is 13.9 Å². The average molecular weight is 333 g/mol. The van der Waals surface area contributed by atoms with Crippen LogP contribution in [0.5, 0.6) is 5.75 Å². The van der Waals surface area contributed by atoms with Gasteiger partial charge >= 0.3 is 0 Å². The molecule has 1 unspecified atom stereocenters. The van der Waals surface area contributed by atoms with E-state index in [1.807, 2.05) is 30.3 Å². The smallest absolute Gasteiger partial charge is 0.272 e. The Balaban J connectivity index is 1.52. The first-order valence-electron chi connectivity index (χ1n) is 8.08. The van der Waals surface area contributed by atoms with Crippen LogP contribution in [0.25, 0.3) is 0 Å². The minimum atomic E-state index is -2.47. The molecule has 2 N–H and O–H groups in total. The molecule has 3 nitrogen and oxygen atoms in total. The average Bonchev–Trinajstić information content (AvgIpc) is 2.92. The summed E-state index contributed by atoms with van der Waals surface area (Å²) in [6.45, 7) is 0.483. The second-order valence-electron chi connectivity index (χ2n) is 6.14. The van der Waals surface area contributed by atoms with Gasteiger partial charge in [0.2, 0.25) is 0 Å². The number of nitrogens with one attached hydrogen (secondary N) is 1. The molecule has 0 saturated heterocycles. The lowest BCUT2D eigenvalue weighted by Gasteiger charge is -2.24. The molecule has 0 spiro atoms. The summed E-state index contributed by atoms with van der Waals surface area (Å²) in [4.78, 5) is 0. The summed E-state index contributed by atoms with van der Waals surface area (Å²) in [5.41, 5.74) is 2.40. The van der Waals surface area contributed by atoms with Crippen molar-refractivity contribution in [3.63, 3.8) is 0 Å². The van der Waals surface area contributed by atoms with Crippen LogP contribution in [-0.2, 0) is 18.6 Å². The standard InChI is InChI=1S/C19H21F2NO2/c20-18(21)12-24-16-7-5-14(6-8-16)11-22-13-19(23)10-9-15-3-1-2-4-17(15)19/h1-8,18,22-23H,9-13H2. The van der Waals surface area contributed by atoms with Gasteiger partial charge < -0.3 is 15.2 Å². The third-order valence-corrected chi connectivity index (χ3v) is 4.37. The highest BCUT2D eigenvalue weighted by Gasteiger charge is 2.35. The third kappa shape index (κ3) is 3.91. The quantitative estimate of drug-likeness (QED) is 0.817. The summed E-state index contributed by atoms with van der Waals surface area (Å²) in [6, 6.07) is 15.0. The molecule has 2 aromatic carbocycles. The molecule has 0 heterocycles. The molecular weight excluding hydrogens is 312 g/mol.